The van der Waals surface area contributed by atoms with E-state index in [0.29, 0.717) is 29.5 Å². The molecule has 0 N–H and O–H groups in total. The Morgan fingerprint density at radius 2 is 1.97 bits per heavy atom. The number of sulfone groups is 1. The number of ether oxygens (including phenoxy) is 1. The number of nitrogens with zero attached hydrogens (tertiary/aromatic N) is 1. The lowest BCUT2D eigenvalue weighted by Gasteiger charge is -2.28. The van der Waals surface area contributed by atoms with Crippen molar-refractivity contribution in [3.05, 3.63) is 63.5 Å². The predicted octanol–water partition coefficient (Wildman–Crippen LogP) is 5.09. The summed E-state index contributed by atoms with van der Waals surface area (Å²) >= 11 is 7.96. The van der Waals surface area contributed by atoms with Gasteiger partial charge in [0.1, 0.15) is 10.6 Å². The molecule has 3 aromatic rings. The molecule has 31 heavy (non-hydrogen) atoms. The molecule has 0 aliphatic carbocycles. The predicted molar refractivity (Wildman–Crippen MR) is 126 cm³/mol. The van der Waals surface area contributed by atoms with E-state index in [1.807, 2.05) is 56.3 Å². The summed E-state index contributed by atoms with van der Waals surface area (Å²) in [6.45, 7) is 4.81. The van der Waals surface area contributed by atoms with Crippen LogP contribution in [0.1, 0.15) is 34.1 Å². The molecule has 164 valence electrons. The van der Waals surface area contributed by atoms with E-state index in [0.717, 1.165) is 27.0 Å². The number of rotatable bonds is 6. The number of fused-ring (bicyclic) bond motifs is 1. The second-order valence-electron chi connectivity index (χ2n) is 7.81. The molecule has 1 atom stereocenters. The monoisotopic (exact) mass is 477 g/mol. The third-order valence-corrected chi connectivity index (χ3v) is 8.87. The van der Waals surface area contributed by atoms with Gasteiger partial charge in [-0.05, 0) is 49.6 Å². The molecule has 4 rings (SSSR count). The van der Waals surface area contributed by atoms with Crippen molar-refractivity contribution >= 4 is 48.8 Å². The van der Waals surface area contributed by atoms with E-state index in [9.17, 15) is 13.2 Å². The van der Waals surface area contributed by atoms with Gasteiger partial charge in [0.2, 0.25) is 0 Å². The van der Waals surface area contributed by atoms with Crippen LogP contribution in [-0.2, 0) is 16.4 Å². The second-order valence-corrected chi connectivity index (χ2v) is 11.5. The number of benzene rings is 2. The zero-order valence-corrected chi connectivity index (χ0v) is 19.8. The van der Waals surface area contributed by atoms with E-state index < -0.39 is 9.84 Å². The number of carbonyl (C=O) groups excluding carboxylic acids is 1. The van der Waals surface area contributed by atoms with Gasteiger partial charge in [-0.3, -0.25) is 4.79 Å². The summed E-state index contributed by atoms with van der Waals surface area (Å²) in [7, 11) is -3.15. The van der Waals surface area contributed by atoms with Gasteiger partial charge < -0.3 is 9.64 Å². The highest BCUT2D eigenvalue weighted by molar-refractivity contribution is 7.91. The topological polar surface area (TPSA) is 63.7 Å². The number of aryl methyl sites for hydroxylation is 1. The minimum absolute atomic E-state index is 0.0165. The van der Waals surface area contributed by atoms with Crippen LogP contribution in [-0.4, -0.2) is 43.4 Å². The fourth-order valence-electron chi connectivity index (χ4n) is 3.88. The zero-order chi connectivity index (χ0) is 22.2. The lowest BCUT2D eigenvalue weighted by Crippen LogP contribution is -2.40. The van der Waals surface area contributed by atoms with Crippen molar-refractivity contribution in [3.63, 3.8) is 0 Å². The molecule has 1 saturated heterocycles. The van der Waals surface area contributed by atoms with E-state index in [1.165, 1.54) is 11.3 Å². The minimum atomic E-state index is -3.15. The van der Waals surface area contributed by atoms with Crippen LogP contribution in [0.2, 0.25) is 5.02 Å². The van der Waals surface area contributed by atoms with Crippen molar-refractivity contribution < 1.29 is 17.9 Å². The van der Waals surface area contributed by atoms with Gasteiger partial charge in [-0.2, -0.15) is 0 Å². The number of halogens is 1. The highest BCUT2D eigenvalue weighted by Gasteiger charge is 2.36. The smallest absolute Gasteiger partial charge is 0.266 e. The summed E-state index contributed by atoms with van der Waals surface area (Å²) in [4.78, 5) is 15.8. The van der Waals surface area contributed by atoms with E-state index in [4.69, 9.17) is 16.3 Å². The van der Waals surface area contributed by atoms with Crippen molar-refractivity contribution in [2.24, 2.45) is 0 Å². The maximum absolute atomic E-state index is 13.6. The number of hydrogen-bond donors (Lipinski definition) is 0. The Bertz CT molecular complexity index is 1220. The van der Waals surface area contributed by atoms with Crippen molar-refractivity contribution in [1.29, 1.82) is 0 Å². The fraction of sp³-hybridized carbons (Fsp3) is 0.348. The quantitative estimate of drug-likeness (QED) is 0.496. The molecule has 0 radical (unpaired) electrons. The molecule has 2 aromatic carbocycles. The lowest BCUT2D eigenvalue weighted by molar-refractivity contribution is 0.0686. The van der Waals surface area contributed by atoms with E-state index in [2.05, 4.69) is 0 Å². The minimum Gasteiger partial charge on any atom is -0.494 e. The summed E-state index contributed by atoms with van der Waals surface area (Å²) in [5.74, 6) is 0.622. The van der Waals surface area contributed by atoms with Crippen LogP contribution >= 0.6 is 22.9 Å². The SMILES string of the molecule is CCOc1ccc(CN(C(=O)c2sc3cc(C)ccc3c2Cl)C2CCS(=O)(=O)C2)cc1. The summed E-state index contributed by atoms with van der Waals surface area (Å²) < 4.78 is 30.7. The van der Waals surface area contributed by atoms with Gasteiger partial charge in [0.15, 0.2) is 9.84 Å². The number of carbonyl (C=O) groups is 1. The third kappa shape index (κ3) is 4.73. The molecular formula is C23H24ClNO4S2. The Morgan fingerprint density at radius 1 is 1.23 bits per heavy atom. The average Bonchev–Trinajstić information content (AvgIpc) is 3.26. The molecule has 1 amide bonds. The maximum atomic E-state index is 13.6. The van der Waals surface area contributed by atoms with E-state index >= 15 is 0 Å². The first kappa shape index (κ1) is 22.1. The molecule has 5 nitrogen and oxygen atoms in total. The highest BCUT2D eigenvalue weighted by atomic mass is 35.5. The lowest BCUT2D eigenvalue weighted by atomic mass is 10.1. The van der Waals surface area contributed by atoms with Crippen LogP contribution in [0.25, 0.3) is 10.1 Å². The van der Waals surface area contributed by atoms with Gasteiger partial charge in [0.05, 0.1) is 23.1 Å². The number of amides is 1. The molecule has 0 saturated carbocycles. The van der Waals surface area contributed by atoms with Gasteiger partial charge >= 0.3 is 0 Å². The third-order valence-electron chi connectivity index (χ3n) is 5.48. The average molecular weight is 478 g/mol. The number of hydrogen-bond acceptors (Lipinski definition) is 5. The zero-order valence-electron chi connectivity index (χ0n) is 17.4. The maximum Gasteiger partial charge on any atom is 0.266 e. The van der Waals surface area contributed by atoms with Crippen molar-refractivity contribution in [1.82, 2.24) is 4.90 Å². The summed E-state index contributed by atoms with van der Waals surface area (Å²) in [5.41, 5.74) is 2.01. The molecule has 1 aliphatic rings. The van der Waals surface area contributed by atoms with Gasteiger partial charge in [0.25, 0.3) is 5.91 Å². The first-order chi connectivity index (χ1) is 14.8. The molecule has 0 bridgehead atoms. The van der Waals surface area contributed by atoms with Gasteiger partial charge in [-0.1, -0.05) is 35.9 Å². The number of thiophene rings is 1. The molecule has 1 aliphatic heterocycles. The van der Waals surface area contributed by atoms with Crippen molar-refractivity contribution in [2.45, 2.75) is 32.9 Å². The Hall–Kier alpha value is -2.09. The largest absolute Gasteiger partial charge is 0.494 e. The van der Waals surface area contributed by atoms with Crippen LogP contribution in [0.15, 0.2) is 42.5 Å². The molecule has 0 spiro atoms. The molecule has 1 unspecified atom stereocenters. The normalized spacial score (nSPS) is 17.7. The van der Waals surface area contributed by atoms with Crippen LogP contribution < -0.4 is 4.74 Å². The molecule has 1 aromatic heterocycles. The molecule has 2 heterocycles. The second kappa shape index (κ2) is 8.81. The Morgan fingerprint density at radius 3 is 2.61 bits per heavy atom. The van der Waals surface area contributed by atoms with Crippen LogP contribution in [0, 0.1) is 6.92 Å². The Kier molecular flexibility index (Phi) is 6.28. The van der Waals surface area contributed by atoms with Crippen molar-refractivity contribution in [3.8, 4) is 5.75 Å². The molecule has 1 fully saturated rings. The van der Waals surface area contributed by atoms with E-state index in [1.54, 1.807) is 4.90 Å². The van der Waals surface area contributed by atoms with Gasteiger partial charge in [-0.25, -0.2) is 8.42 Å². The molecule has 8 heteroatoms. The van der Waals surface area contributed by atoms with Crippen LogP contribution in [0.3, 0.4) is 0 Å². The Balaban J connectivity index is 1.68. The summed E-state index contributed by atoms with van der Waals surface area (Å²) in [6.07, 6.45) is 0.437. The fourth-order valence-corrected chi connectivity index (χ4v) is 7.18. The van der Waals surface area contributed by atoms with Crippen LogP contribution in [0.5, 0.6) is 5.75 Å². The molecular weight excluding hydrogens is 454 g/mol. The van der Waals surface area contributed by atoms with Gasteiger partial charge in [0, 0.05) is 22.7 Å². The Labute approximate surface area is 191 Å². The standard InChI is InChI=1S/C23H24ClNO4S2/c1-3-29-18-7-5-16(6-8-18)13-25(17-10-11-31(27,28)14-17)23(26)22-21(24)19-9-4-15(2)12-20(19)30-22/h4-9,12,17H,3,10-11,13-14H2,1-2H3. The summed E-state index contributed by atoms with van der Waals surface area (Å²) in [5, 5.41) is 1.28. The van der Waals surface area contributed by atoms with Crippen molar-refractivity contribution in [2.75, 3.05) is 18.1 Å². The van der Waals surface area contributed by atoms with E-state index in [-0.39, 0.29) is 23.5 Å². The first-order valence-electron chi connectivity index (χ1n) is 10.2. The first-order valence-corrected chi connectivity index (χ1v) is 13.2. The summed E-state index contributed by atoms with van der Waals surface area (Å²) in [6, 6.07) is 13.1. The van der Waals surface area contributed by atoms with Crippen LogP contribution in [0.4, 0.5) is 0 Å². The van der Waals surface area contributed by atoms with Gasteiger partial charge in [-0.15, -0.1) is 11.3 Å². The highest BCUT2D eigenvalue weighted by Crippen LogP contribution is 2.37.